The summed E-state index contributed by atoms with van der Waals surface area (Å²) in [6.07, 6.45) is 5.73. The first kappa shape index (κ1) is 28.5. The molecule has 4 aliphatic heterocycles. The fourth-order valence-corrected chi connectivity index (χ4v) is 8.55. The SMILES string of the molecule is Cn1nc(N2CCC(=O)NC2=O)c2ccc(C3CCN(CC4CCN(S(=O)(=O)N5CCC(N)CC5)CC4)CC3)cc21. The average Bonchev–Trinajstić information content (AvgIpc) is 3.29. The van der Waals surface area contributed by atoms with Crippen molar-refractivity contribution < 1.29 is 18.0 Å². The maximum Gasteiger partial charge on any atom is 0.329 e. The first-order valence-corrected chi connectivity index (χ1v) is 16.4. The van der Waals surface area contributed by atoms with Crippen molar-refractivity contribution in [1.82, 2.24) is 28.6 Å². The molecule has 2 aromatic rings. The number of hydrogen-bond donors (Lipinski definition) is 2. The number of urea groups is 1. The van der Waals surface area contributed by atoms with Gasteiger partial charge in [-0.1, -0.05) is 6.07 Å². The number of amides is 3. The zero-order valence-electron chi connectivity index (χ0n) is 23.9. The predicted molar refractivity (Wildman–Crippen MR) is 157 cm³/mol. The van der Waals surface area contributed by atoms with Crippen molar-refractivity contribution >= 4 is 38.9 Å². The summed E-state index contributed by atoms with van der Waals surface area (Å²) in [7, 11) is -1.48. The molecule has 0 unspecified atom stereocenters. The van der Waals surface area contributed by atoms with E-state index in [1.165, 1.54) is 5.56 Å². The number of aryl methyl sites for hydroxylation is 1. The second kappa shape index (κ2) is 11.6. The van der Waals surface area contributed by atoms with Gasteiger partial charge in [0.25, 0.3) is 10.2 Å². The van der Waals surface area contributed by atoms with Crippen molar-refractivity contribution in [3.05, 3.63) is 23.8 Å². The Morgan fingerprint density at radius 2 is 1.59 bits per heavy atom. The van der Waals surface area contributed by atoms with Gasteiger partial charge in [-0.25, -0.2) is 4.79 Å². The lowest BCUT2D eigenvalue weighted by molar-refractivity contribution is -0.120. The van der Waals surface area contributed by atoms with Crippen molar-refractivity contribution in [2.24, 2.45) is 18.7 Å². The number of anilines is 1. The van der Waals surface area contributed by atoms with Crippen LogP contribution in [0, 0.1) is 5.92 Å². The van der Waals surface area contributed by atoms with Crippen molar-refractivity contribution in [2.75, 3.05) is 57.3 Å². The Hall–Kier alpha value is -2.58. The molecule has 41 heavy (non-hydrogen) atoms. The van der Waals surface area contributed by atoms with Crippen molar-refractivity contribution in [2.45, 2.75) is 56.9 Å². The van der Waals surface area contributed by atoms with Gasteiger partial charge < -0.3 is 10.6 Å². The van der Waals surface area contributed by atoms with E-state index in [4.69, 9.17) is 5.73 Å². The van der Waals surface area contributed by atoms with Gasteiger partial charge in [0.05, 0.1) is 5.52 Å². The number of nitrogens with two attached hydrogens (primary N) is 1. The van der Waals surface area contributed by atoms with E-state index in [0.29, 0.717) is 50.4 Å². The molecule has 5 heterocycles. The quantitative estimate of drug-likeness (QED) is 0.524. The standard InChI is InChI=1S/C28H42N8O4S/c1-32-25-18-22(2-3-24(25)27(31-32)36-17-10-26(37)30-28(36)38)21-6-11-33(12-7-21)19-20-4-13-34(14-5-20)41(39,40)35-15-8-23(29)9-16-35/h2-3,18,20-21,23H,4-17,19,29H2,1H3,(H,30,37,38). The summed E-state index contributed by atoms with van der Waals surface area (Å²) in [6.45, 7) is 5.71. The third kappa shape index (κ3) is 5.87. The second-order valence-corrected chi connectivity index (χ2v) is 14.1. The van der Waals surface area contributed by atoms with Gasteiger partial charge in [-0.2, -0.15) is 22.1 Å². The third-order valence-electron chi connectivity index (χ3n) is 9.47. The molecule has 0 aliphatic carbocycles. The molecule has 4 fully saturated rings. The molecule has 1 aromatic heterocycles. The molecule has 6 rings (SSSR count). The molecule has 1 aromatic carbocycles. The smallest absolute Gasteiger partial charge is 0.328 e. The van der Waals surface area contributed by atoms with E-state index in [2.05, 4.69) is 33.5 Å². The summed E-state index contributed by atoms with van der Waals surface area (Å²) >= 11 is 0. The number of nitrogens with zero attached hydrogens (tertiary/aromatic N) is 6. The lowest BCUT2D eigenvalue weighted by atomic mass is 9.88. The Morgan fingerprint density at radius 1 is 0.927 bits per heavy atom. The normalized spacial score (nSPS) is 23.9. The van der Waals surface area contributed by atoms with E-state index < -0.39 is 16.2 Å². The summed E-state index contributed by atoms with van der Waals surface area (Å²) in [5, 5.41) is 7.91. The number of likely N-dealkylation sites (tertiary alicyclic amines) is 1. The monoisotopic (exact) mass is 586 g/mol. The largest absolute Gasteiger partial charge is 0.329 e. The molecule has 0 radical (unpaired) electrons. The van der Waals surface area contributed by atoms with Crippen molar-refractivity contribution in [3.63, 3.8) is 0 Å². The fraction of sp³-hybridized carbons (Fsp3) is 0.679. The van der Waals surface area contributed by atoms with Gasteiger partial charge in [0.2, 0.25) is 5.91 Å². The Balaban J connectivity index is 1.01. The highest BCUT2D eigenvalue weighted by Crippen LogP contribution is 2.34. The van der Waals surface area contributed by atoms with E-state index >= 15 is 0 Å². The van der Waals surface area contributed by atoms with Crippen LogP contribution in [-0.2, 0) is 22.1 Å². The number of nitrogens with one attached hydrogen (secondary N) is 1. The molecule has 12 nitrogen and oxygen atoms in total. The number of benzene rings is 1. The van der Waals surface area contributed by atoms with Crippen LogP contribution < -0.4 is 16.0 Å². The Labute approximate surface area is 242 Å². The molecule has 3 amide bonds. The Kier molecular flexibility index (Phi) is 8.07. The summed E-state index contributed by atoms with van der Waals surface area (Å²) in [5.74, 6) is 1.33. The first-order chi connectivity index (χ1) is 19.7. The molecular weight excluding hydrogens is 544 g/mol. The summed E-state index contributed by atoms with van der Waals surface area (Å²) in [6, 6.07) is 6.12. The highest BCUT2D eigenvalue weighted by molar-refractivity contribution is 7.86. The topological polar surface area (TPSA) is 137 Å². The van der Waals surface area contributed by atoms with Crippen LogP contribution in [0.5, 0.6) is 0 Å². The average molecular weight is 587 g/mol. The number of imide groups is 1. The van der Waals surface area contributed by atoms with Crippen LogP contribution >= 0.6 is 0 Å². The fourth-order valence-electron chi connectivity index (χ4n) is 6.88. The van der Waals surface area contributed by atoms with E-state index in [-0.39, 0.29) is 18.4 Å². The van der Waals surface area contributed by atoms with Crippen LogP contribution in [0.4, 0.5) is 10.6 Å². The zero-order valence-corrected chi connectivity index (χ0v) is 24.7. The van der Waals surface area contributed by atoms with Crippen LogP contribution in [0.3, 0.4) is 0 Å². The van der Waals surface area contributed by atoms with Gasteiger partial charge in [0.15, 0.2) is 5.82 Å². The lowest BCUT2D eigenvalue weighted by Crippen LogP contribution is -2.51. The third-order valence-corrected chi connectivity index (χ3v) is 11.5. The number of rotatable bonds is 6. The molecule has 0 atom stereocenters. The van der Waals surface area contributed by atoms with E-state index in [9.17, 15) is 18.0 Å². The van der Waals surface area contributed by atoms with Gasteiger partial charge >= 0.3 is 6.03 Å². The Bertz CT molecular complexity index is 1390. The van der Waals surface area contributed by atoms with Crippen LogP contribution in [-0.4, -0.2) is 102 Å². The minimum Gasteiger partial charge on any atom is -0.328 e. The highest BCUT2D eigenvalue weighted by Gasteiger charge is 2.35. The molecule has 0 saturated carbocycles. The number of fused-ring (bicyclic) bond motifs is 1. The van der Waals surface area contributed by atoms with Gasteiger partial charge in [-0.15, -0.1) is 0 Å². The molecule has 224 valence electrons. The van der Waals surface area contributed by atoms with Gasteiger partial charge in [-0.05, 0) is 81.1 Å². The van der Waals surface area contributed by atoms with E-state index in [0.717, 1.165) is 69.1 Å². The van der Waals surface area contributed by atoms with Crippen LogP contribution in [0.1, 0.15) is 56.4 Å². The number of piperidine rings is 3. The van der Waals surface area contributed by atoms with Crippen molar-refractivity contribution in [3.8, 4) is 0 Å². The first-order valence-electron chi connectivity index (χ1n) is 15.0. The number of hydrogen-bond acceptors (Lipinski definition) is 7. The summed E-state index contributed by atoms with van der Waals surface area (Å²) in [5.41, 5.74) is 8.24. The van der Waals surface area contributed by atoms with Gasteiger partial charge in [0, 0.05) is 64.2 Å². The molecule has 0 bridgehead atoms. The lowest BCUT2D eigenvalue weighted by Gasteiger charge is -2.39. The number of carbonyl (C=O) groups excluding carboxylic acids is 2. The molecule has 13 heteroatoms. The maximum atomic E-state index is 13.1. The summed E-state index contributed by atoms with van der Waals surface area (Å²) in [4.78, 5) is 28.1. The van der Waals surface area contributed by atoms with Crippen LogP contribution in [0.25, 0.3) is 10.9 Å². The minimum atomic E-state index is -3.38. The molecule has 0 spiro atoms. The second-order valence-electron chi connectivity index (χ2n) is 12.1. The maximum absolute atomic E-state index is 13.1. The molecular formula is C28H42N8O4S. The van der Waals surface area contributed by atoms with Gasteiger partial charge in [-0.3, -0.25) is 19.7 Å². The summed E-state index contributed by atoms with van der Waals surface area (Å²) < 4.78 is 31.3. The van der Waals surface area contributed by atoms with Crippen LogP contribution in [0.15, 0.2) is 18.2 Å². The van der Waals surface area contributed by atoms with Crippen molar-refractivity contribution in [1.29, 1.82) is 0 Å². The molecule has 3 N–H and O–H groups in total. The molecule has 4 saturated heterocycles. The number of carbonyl (C=O) groups is 2. The van der Waals surface area contributed by atoms with E-state index in [1.807, 2.05) is 11.7 Å². The van der Waals surface area contributed by atoms with Crippen LogP contribution in [0.2, 0.25) is 0 Å². The molecule has 4 aliphatic rings. The zero-order chi connectivity index (χ0) is 28.7. The van der Waals surface area contributed by atoms with Gasteiger partial charge in [0.1, 0.15) is 0 Å². The predicted octanol–water partition coefficient (Wildman–Crippen LogP) is 1.58. The Morgan fingerprint density at radius 3 is 2.24 bits per heavy atom. The van der Waals surface area contributed by atoms with E-state index in [1.54, 1.807) is 13.5 Å². The minimum absolute atomic E-state index is 0.116. The number of aromatic nitrogens is 2. The highest BCUT2D eigenvalue weighted by atomic mass is 32.2.